The Morgan fingerprint density at radius 3 is 2.55 bits per heavy atom. The maximum atomic E-state index is 9.53. The minimum atomic E-state index is -0.0945. The summed E-state index contributed by atoms with van der Waals surface area (Å²) in [6.45, 7) is 5.03. The second-order valence-corrected chi connectivity index (χ2v) is 6.33. The van der Waals surface area contributed by atoms with Gasteiger partial charge in [-0.25, -0.2) is 4.98 Å². The SMILES string of the molecule is Cc1ncsc1-c1ccc(CN2CCC(O)CC2)cc1. The quantitative estimate of drug-likeness (QED) is 0.943. The van der Waals surface area contributed by atoms with Gasteiger partial charge >= 0.3 is 0 Å². The summed E-state index contributed by atoms with van der Waals surface area (Å²) < 4.78 is 0. The van der Waals surface area contributed by atoms with Gasteiger partial charge in [-0.2, -0.15) is 0 Å². The Labute approximate surface area is 123 Å². The van der Waals surface area contributed by atoms with Gasteiger partial charge in [0.2, 0.25) is 0 Å². The summed E-state index contributed by atoms with van der Waals surface area (Å²) in [6.07, 6.45) is 1.71. The van der Waals surface area contributed by atoms with Gasteiger partial charge in [-0.05, 0) is 30.9 Å². The van der Waals surface area contributed by atoms with E-state index in [-0.39, 0.29) is 6.10 Å². The lowest BCUT2D eigenvalue weighted by molar-refractivity contribution is 0.0792. The average molecular weight is 288 g/mol. The monoisotopic (exact) mass is 288 g/mol. The molecule has 1 aromatic heterocycles. The van der Waals surface area contributed by atoms with Crippen molar-refractivity contribution in [2.24, 2.45) is 0 Å². The smallest absolute Gasteiger partial charge is 0.0801 e. The second-order valence-electron chi connectivity index (χ2n) is 5.47. The molecular weight excluding hydrogens is 268 g/mol. The standard InChI is InChI=1S/C16H20N2OS/c1-12-16(20-11-17-12)14-4-2-13(3-5-14)10-18-8-6-15(19)7-9-18/h2-5,11,15,19H,6-10H2,1H3. The fourth-order valence-electron chi connectivity index (χ4n) is 2.68. The molecule has 1 fully saturated rings. The molecule has 0 saturated carbocycles. The summed E-state index contributed by atoms with van der Waals surface area (Å²) in [5, 5.41) is 9.53. The van der Waals surface area contributed by atoms with Gasteiger partial charge < -0.3 is 5.11 Å². The van der Waals surface area contributed by atoms with Crippen LogP contribution in [0.1, 0.15) is 24.1 Å². The van der Waals surface area contributed by atoms with Crippen LogP contribution in [-0.2, 0) is 6.54 Å². The topological polar surface area (TPSA) is 36.4 Å². The number of hydrogen-bond donors (Lipinski definition) is 1. The molecular formula is C16H20N2OS. The lowest BCUT2D eigenvalue weighted by atomic mass is 10.1. The number of aliphatic hydroxyl groups excluding tert-OH is 1. The highest BCUT2D eigenvalue weighted by molar-refractivity contribution is 7.13. The van der Waals surface area contributed by atoms with Crippen molar-refractivity contribution in [1.29, 1.82) is 0 Å². The van der Waals surface area contributed by atoms with Crippen LogP contribution < -0.4 is 0 Å². The van der Waals surface area contributed by atoms with Crippen molar-refractivity contribution in [2.75, 3.05) is 13.1 Å². The van der Waals surface area contributed by atoms with Crippen LogP contribution in [0.4, 0.5) is 0 Å². The lowest BCUT2D eigenvalue weighted by Gasteiger charge is -2.29. The van der Waals surface area contributed by atoms with E-state index in [1.54, 1.807) is 11.3 Å². The zero-order valence-corrected chi connectivity index (χ0v) is 12.6. The third kappa shape index (κ3) is 3.08. The fraction of sp³-hybridized carbons (Fsp3) is 0.438. The highest BCUT2D eigenvalue weighted by Crippen LogP contribution is 2.27. The third-order valence-electron chi connectivity index (χ3n) is 3.92. The molecule has 2 aromatic rings. The number of benzene rings is 1. The fourth-order valence-corrected chi connectivity index (χ4v) is 3.49. The Morgan fingerprint density at radius 2 is 1.95 bits per heavy atom. The Kier molecular flexibility index (Phi) is 4.15. The minimum Gasteiger partial charge on any atom is -0.393 e. The molecule has 0 bridgehead atoms. The van der Waals surface area contributed by atoms with Crippen LogP contribution in [0.2, 0.25) is 0 Å². The highest BCUT2D eigenvalue weighted by atomic mass is 32.1. The van der Waals surface area contributed by atoms with E-state index < -0.39 is 0 Å². The van der Waals surface area contributed by atoms with Crippen molar-refractivity contribution in [3.05, 3.63) is 41.0 Å². The zero-order valence-electron chi connectivity index (χ0n) is 11.7. The normalized spacial score (nSPS) is 17.5. The van der Waals surface area contributed by atoms with Gasteiger partial charge in [0, 0.05) is 19.6 Å². The molecule has 1 N–H and O–H groups in total. The van der Waals surface area contributed by atoms with Crippen molar-refractivity contribution in [1.82, 2.24) is 9.88 Å². The first-order chi connectivity index (χ1) is 9.72. The Balaban J connectivity index is 1.66. The largest absolute Gasteiger partial charge is 0.393 e. The third-order valence-corrected chi connectivity index (χ3v) is 4.90. The van der Waals surface area contributed by atoms with Crippen LogP contribution in [0.3, 0.4) is 0 Å². The van der Waals surface area contributed by atoms with Crippen molar-refractivity contribution in [3.63, 3.8) is 0 Å². The highest BCUT2D eigenvalue weighted by Gasteiger charge is 2.16. The molecule has 4 heteroatoms. The van der Waals surface area contributed by atoms with E-state index in [4.69, 9.17) is 0 Å². The summed E-state index contributed by atoms with van der Waals surface area (Å²) in [6, 6.07) is 8.79. The number of thiazole rings is 1. The Bertz CT molecular complexity index is 556. The molecule has 1 aromatic carbocycles. The molecule has 0 amide bonds. The molecule has 1 aliphatic rings. The number of aromatic nitrogens is 1. The number of nitrogens with zero attached hydrogens (tertiary/aromatic N) is 2. The van der Waals surface area contributed by atoms with Crippen LogP contribution in [0, 0.1) is 6.92 Å². The van der Waals surface area contributed by atoms with Gasteiger partial charge in [-0.3, -0.25) is 4.90 Å². The Morgan fingerprint density at radius 1 is 1.25 bits per heavy atom. The maximum Gasteiger partial charge on any atom is 0.0801 e. The first-order valence-corrected chi connectivity index (χ1v) is 8.00. The van der Waals surface area contributed by atoms with Gasteiger partial charge in [-0.1, -0.05) is 24.3 Å². The summed E-state index contributed by atoms with van der Waals surface area (Å²) >= 11 is 1.70. The molecule has 106 valence electrons. The number of rotatable bonds is 3. The molecule has 1 aliphatic heterocycles. The van der Waals surface area contributed by atoms with Crippen LogP contribution in [0.15, 0.2) is 29.8 Å². The number of aryl methyl sites for hydroxylation is 1. The Hall–Kier alpha value is -1.23. The van der Waals surface area contributed by atoms with Crippen molar-refractivity contribution in [2.45, 2.75) is 32.4 Å². The molecule has 3 rings (SSSR count). The van der Waals surface area contributed by atoms with Gasteiger partial charge in [0.25, 0.3) is 0 Å². The first kappa shape index (κ1) is 13.7. The molecule has 3 nitrogen and oxygen atoms in total. The molecule has 2 heterocycles. The van der Waals surface area contributed by atoms with E-state index in [0.29, 0.717) is 0 Å². The summed E-state index contributed by atoms with van der Waals surface area (Å²) in [4.78, 5) is 7.98. The van der Waals surface area contributed by atoms with Crippen LogP contribution in [0.25, 0.3) is 10.4 Å². The first-order valence-electron chi connectivity index (χ1n) is 7.12. The predicted octanol–water partition coefficient (Wildman–Crippen LogP) is 3.08. The molecule has 0 unspecified atom stereocenters. The lowest BCUT2D eigenvalue weighted by Crippen LogP contribution is -2.35. The van der Waals surface area contributed by atoms with Crippen LogP contribution in [0.5, 0.6) is 0 Å². The van der Waals surface area contributed by atoms with E-state index in [9.17, 15) is 5.11 Å². The molecule has 20 heavy (non-hydrogen) atoms. The summed E-state index contributed by atoms with van der Waals surface area (Å²) in [5.41, 5.74) is 5.60. The minimum absolute atomic E-state index is 0.0945. The zero-order chi connectivity index (χ0) is 13.9. The molecule has 0 aliphatic carbocycles. The number of aliphatic hydroxyl groups is 1. The van der Waals surface area contributed by atoms with E-state index in [1.807, 2.05) is 5.51 Å². The number of piperidine rings is 1. The second kappa shape index (κ2) is 6.04. The van der Waals surface area contributed by atoms with E-state index in [2.05, 4.69) is 41.1 Å². The molecule has 0 atom stereocenters. The molecule has 0 radical (unpaired) electrons. The molecule has 1 saturated heterocycles. The maximum absolute atomic E-state index is 9.53. The molecule has 0 spiro atoms. The van der Waals surface area contributed by atoms with Crippen LogP contribution in [-0.4, -0.2) is 34.2 Å². The van der Waals surface area contributed by atoms with Gasteiger partial charge in [-0.15, -0.1) is 11.3 Å². The van der Waals surface area contributed by atoms with Crippen molar-refractivity contribution < 1.29 is 5.11 Å². The van der Waals surface area contributed by atoms with Gasteiger partial charge in [0.1, 0.15) is 0 Å². The van der Waals surface area contributed by atoms with E-state index in [0.717, 1.165) is 38.2 Å². The van der Waals surface area contributed by atoms with E-state index >= 15 is 0 Å². The predicted molar refractivity (Wildman–Crippen MR) is 82.8 cm³/mol. The van der Waals surface area contributed by atoms with Crippen molar-refractivity contribution >= 4 is 11.3 Å². The van der Waals surface area contributed by atoms with Crippen LogP contribution >= 0.6 is 11.3 Å². The number of likely N-dealkylation sites (tertiary alicyclic amines) is 1. The van der Waals surface area contributed by atoms with Crippen molar-refractivity contribution in [3.8, 4) is 10.4 Å². The van der Waals surface area contributed by atoms with Gasteiger partial charge in [0.05, 0.1) is 22.2 Å². The summed E-state index contributed by atoms with van der Waals surface area (Å²) in [7, 11) is 0. The van der Waals surface area contributed by atoms with Gasteiger partial charge in [0.15, 0.2) is 0 Å². The number of hydrogen-bond acceptors (Lipinski definition) is 4. The average Bonchev–Trinajstić information content (AvgIpc) is 2.89. The van der Waals surface area contributed by atoms with E-state index in [1.165, 1.54) is 16.0 Å². The summed E-state index contributed by atoms with van der Waals surface area (Å²) in [5.74, 6) is 0.